The minimum absolute atomic E-state index is 0.707. The smallest absolute Gasteiger partial charge is 0.150 e. The minimum atomic E-state index is 0.707. The molecule has 5 heteroatoms. The largest absolute Gasteiger partial charge is 0.467 e. The molecule has 0 aliphatic heterocycles. The van der Waals surface area contributed by atoms with E-state index in [-0.39, 0.29) is 0 Å². The van der Waals surface area contributed by atoms with Crippen molar-refractivity contribution in [3.8, 4) is 0 Å². The summed E-state index contributed by atoms with van der Waals surface area (Å²) in [6.07, 6.45) is 3.65. The van der Waals surface area contributed by atoms with Crippen molar-refractivity contribution in [1.29, 1.82) is 0 Å². The third-order valence-corrected chi connectivity index (χ3v) is 3.22. The molecule has 0 aliphatic rings. The van der Waals surface area contributed by atoms with E-state index in [1.807, 2.05) is 23.9 Å². The van der Waals surface area contributed by atoms with Gasteiger partial charge in [-0.2, -0.15) is 5.10 Å². The van der Waals surface area contributed by atoms with Crippen molar-refractivity contribution < 1.29 is 4.42 Å². The molecule has 2 N–H and O–H groups in total. The minimum Gasteiger partial charge on any atom is -0.467 e. The van der Waals surface area contributed by atoms with Gasteiger partial charge >= 0.3 is 0 Å². The number of furan rings is 1. The van der Waals surface area contributed by atoms with Gasteiger partial charge in [-0.25, -0.2) is 0 Å². The normalized spacial score (nSPS) is 10.9. The summed E-state index contributed by atoms with van der Waals surface area (Å²) in [4.78, 5) is 2.18. The molecule has 19 heavy (non-hydrogen) atoms. The first-order valence-corrected chi connectivity index (χ1v) is 6.76. The Morgan fingerprint density at radius 1 is 1.42 bits per heavy atom. The fourth-order valence-electron chi connectivity index (χ4n) is 2.31. The van der Waals surface area contributed by atoms with Crippen molar-refractivity contribution in [2.45, 2.75) is 33.2 Å². The summed E-state index contributed by atoms with van der Waals surface area (Å²) >= 11 is 0. The third kappa shape index (κ3) is 2.75. The molecular formula is C14H22N4O. The standard InChI is InChI=1S/C14H22N4O/c1-4-7-12-13(15)14(17(3)16-12)18(5-2)10-11-8-6-9-19-11/h6,8-9H,4-5,7,10,15H2,1-3H3. The molecule has 0 radical (unpaired) electrons. The van der Waals surface area contributed by atoms with E-state index in [2.05, 4.69) is 23.8 Å². The highest BCUT2D eigenvalue weighted by Gasteiger charge is 2.18. The molecule has 0 spiro atoms. The second-order valence-electron chi connectivity index (χ2n) is 4.65. The molecule has 5 nitrogen and oxygen atoms in total. The summed E-state index contributed by atoms with van der Waals surface area (Å²) in [6.45, 7) is 5.80. The molecule has 2 aromatic heterocycles. The van der Waals surface area contributed by atoms with E-state index in [1.165, 1.54) is 0 Å². The van der Waals surface area contributed by atoms with Crippen LogP contribution < -0.4 is 10.6 Å². The zero-order valence-corrected chi connectivity index (χ0v) is 11.9. The Balaban J connectivity index is 2.27. The Labute approximate surface area is 114 Å². The van der Waals surface area contributed by atoms with E-state index in [9.17, 15) is 0 Å². The van der Waals surface area contributed by atoms with Gasteiger partial charge in [-0.05, 0) is 25.5 Å². The highest BCUT2D eigenvalue weighted by Crippen LogP contribution is 2.28. The Hall–Kier alpha value is -1.91. The maximum Gasteiger partial charge on any atom is 0.150 e. The average molecular weight is 262 g/mol. The van der Waals surface area contributed by atoms with Gasteiger partial charge in [0, 0.05) is 13.6 Å². The number of hydrogen-bond acceptors (Lipinski definition) is 4. The molecule has 104 valence electrons. The number of nitrogen functional groups attached to an aromatic ring is 1. The van der Waals surface area contributed by atoms with Crippen LogP contribution in [0.15, 0.2) is 22.8 Å². The molecule has 2 heterocycles. The third-order valence-electron chi connectivity index (χ3n) is 3.22. The fraction of sp³-hybridized carbons (Fsp3) is 0.500. The number of anilines is 2. The molecule has 0 fully saturated rings. The highest BCUT2D eigenvalue weighted by atomic mass is 16.3. The maximum atomic E-state index is 6.24. The van der Waals surface area contributed by atoms with Crippen molar-refractivity contribution in [3.05, 3.63) is 29.9 Å². The van der Waals surface area contributed by atoms with Crippen LogP contribution in [-0.4, -0.2) is 16.3 Å². The maximum absolute atomic E-state index is 6.24. The molecule has 2 aromatic rings. The predicted molar refractivity (Wildman–Crippen MR) is 77.0 cm³/mol. The van der Waals surface area contributed by atoms with Crippen LogP contribution in [-0.2, 0) is 20.0 Å². The van der Waals surface area contributed by atoms with Crippen LogP contribution in [0.4, 0.5) is 11.5 Å². The topological polar surface area (TPSA) is 60.2 Å². The zero-order chi connectivity index (χ0) is 13.8. The van der Waals surface area contributed by atoms with Gasteiger partial charge in [0.25, 0.3) is 0 Å². The monoisotopic (exact) mass is 262 g/mol. The predicted octanol–water partition coefficient (Wildman–Crippen LogP) is 2.57. The average Bonchev–Trinajstić information content (AvgIpc) is 2.98. The summed E-state index contributed by atoms with van der Waals surface area (Å²) in [7, 11) is 1.94. The summed E-state index contributed by atoms with van der Waals surface area (Å²) in [5, 5.41) is 4.52. The van der Waals surface area contributed by atoms with E-state index in [4.69, 9.17) is 10.2 Å². The lowest BCUT2D eigenvalue weighted by atomic mass is 10.2. The van der Waals surface area contributed by atoms with Crippen molar-refractivity contribution >= 4 is 11.5 Å². The summed E-state index contributed by atoms with van der Waals surface area (Å²) in [6, 6.07) is 3.88. The van der Waals surface area contributed by atoms with Gasteiger partial charge in [-0.3, -0.25) is 4.68 Å². The van der Waals surface area contributed by atoms with Crippen molar-refractivity contribution in [1.82, 2.24) is 9.78 Å². The lowest BCUT2D eigenvalue weighted by Crippen LogP contribution is -2.25. The van der Waals surface area contributed by atoms with E-state index in [0.717, 1.165) is 42.3 Å². The van der Waals surface area contributed by atoms with Gasteiger partial charge in [0.15, 0.2) is 5.82 Å². The second-order valence-corrected chi connectivity index (χ2v) is 4.65. The molecule has 0 saturated heterocycles. The molecule has 0 saturated carbocycles. The molecule has 0 unspecified atom stereocenters. The second kappa shape index (κ2) is 5.82. The number of aromatic nitrogens is 2. The summed E-state index contributed by atoms with van der Waals surface area (Å²) in [5.41, 5.74) is 8.01. The molecular weight excluding hydrogens is 240 g/mol. The van der Waals surface area contributed by atoms with E-state index in [1.54, 1.807) is 6.26 Å². The van der Waals surface area contributed by atoms with Crippen LogP contribution in [0, 0.1) is 0 Å². The van der Waals surface area contributed by atoms with Gasteiger partial charge in [0.05, 0.1) is 24.2 Å². The van der Waals surface area contributed by atoms with Gasteiger partial charge in [0.2, 0.25) is 0 Å². The Kier molecular flexibility index (Phi) is 4.14. The van der Waals surface area contributed by atoms with Crippen molar-refractivity contribution in [2.75, 3.05) is 17.2 Å². The first-order chi connectivity index (χ1) is 9.17. The number of aryl methyl sites for hydroxylation is 2. The fourth-order valence-corrected chi connectivity index (χ4v) is 2.31. The molecule has 0 aromatic carbocycles. The molecule has 0 aliphatic carbocycles. The number of nitrogens with zero attached hydrogens (tertiary/aromatic N) is 3. The molecule has 2 rings (SSSR count). The van der Waals surface area contributed by atoms with Crippen molar-refractivity contribution in [2.24, 2.45) is 7.05 Å². The van der Waals surface area contributed by atoms with Crippen LogP contribution in [0.1, 0.15) is 31.7 Å². The lowest BCUT2D eigenvalue weighted by molar-refractivity contribution is 0.501. The molecule has 0 bridgehead atoms. The first-order valence-electron chi connectivity index (χ1n) is 6.76. The van der Waals surface area contributed by atoms with E-state index >= 15 is 0 Å². The SMILES string of the molecule is CCCc1nn(C)c(N(CC)Cc2ccco2)c1N. The van der Waals surface area contributed by atoms with E-state index < -0.39 is 0 Å². The van der Waals surface area contributed by atoms with E-state index in [0.29, 0.717) is 6.54 Å². The van der Waals surface area contributed by atoms with Gasteiger partial charge in [-0.1, -0.05) is 13.3 Å². The number of rotatable bonds is 6. The van der Waals surface area contributed by atoms with Crippen LogP contribution >= 0.6 is 0 Å². The van der Waals surface area contributed by atoms with Gasteiger partial charge < -0.3 is 15.1 Å². The lowest BCUT2D eigenvalue weighted by Gasteiger charge is -2.22. The number of hydrogen-bond donors (Lipinski definition) is 1. The van der Waals surface area contributed by atoms with Crippen LogP contribution in [0.3, 0.4) is 0 Å². The quantitative estimate of drug-likeness (QED) is 0.869. The zero-order valence-electron chi connectivity index (χ0n) is 11.9. The molecule has 0 atom stereocenters. The van der Waals surface area contributed by atoms with Gasteiger partial charge in [0.1, 0.15) is 5.76 Å². The van der Waals surface area contributed by atoms with Crippen LogP contribution in [0.2, 0.25) is 0 Å². The summed E-state index contributed by atoms with van der Waals surface area (Å²) < 4.78 is 7.28. The number of nitrogens with two attached hydrogens (primary N) is 1. The Morgan fingerprint density at radius 3 is 2.79 bits per heavy atom. The molecule has 0 amide bonds. The van der Waals surface area contributed by atoms with Crippen LogP contribution in [0.5, 0.6) is 0 Å². The van der Waals surface area contributed by atoms with Crippen molar-refractivity contribution in [3.63, 3.8) is 0 Å². The first kappa shape index (κ1) is 13.5. The van der Waals surface area contributed by atoms with Crippen LogP contribution in [0.25, 0.3) is 0 Å². The summed E-state index contributed by atoms with van der Waals surface area (Å²) in [5.74, 6) is 1.90. The van der Waals surface area contributed by atoms with Gasteiger partial charge in [-0.15, -0.1) is 0 Å². The Morgan fingerprint density at radius 2 is 2.21 bits per heavy atom. The Bertz CT molecular complexity index is 516. The highest BCUT2D eigenvalue weighted by molar-refractivity contribution is 5.66.